The van der Waals surface area contributed by atoms with Gasteiger partial charge in [0.05, 0.1) is 26.2 Å². The van der Waals surface area contributed by atoms with Crippen LogP contribution in [0.4, 0.5) is 4.79 Å². The molecule has 10 heteroatoms. The third kappa shape index (κ3) is 6.53. The number of nitrogens with one attached hydrogen (secondary N) is 1. The minimum atomic E-state index is -0.443. The molecule has 1 aliphatic heterocycles. The van der Waals surface area contributed by atoms with Gasteiger partial charge in [0.1, 0.15) is 5.75 Å². The molecule has 1 N–H and O–H groups in total. The number of para-hydroxylation sites is 1. The maximum Gasteiger partial charge on any atom is 0.293 e. The zero-order valence-corrected chi connectivity index (χ0v) is 22.6. The molecule has 1 saturated heterocycles. The van der Waals surface area contributed by atoms with Crippen LogP contribution in [0.2, 0.25) is 0 Å². The van der Waals surface area contributed by atoms with Crippen LogP contribution < -0.4 is 24.3 Å². The highest BCUT2D eigenvalue weighted by molar-refractivity contribution is 8.18. The highest BCUT2D eigenvalue weighted by atomic mass is 32.2. The van der Waals surface area contributed by atoms with E-state index in [2.05, 4.69) is 5.32 Å². The Morgan fingerprint density at radius 2 is 1.56 bits per heavy atom. The van der Waals surface area contributed by atoms with Crippen LogP contribution in [0.1, 0.15) is 5.56 Å². The van der Waals surface area contributed by atoms with Gasteiger partial charge in [0, 0.05) is 18.7 Å². The van der Waals surface area contributed by atoms with Crippen molar-refractivity contribution in [2.75, 3.05) is 41.0 Å². The fourth-order valence-corrected chi connectivity index (χ4v) is 4.84. The summed E-state index contributed by atoms with van der Waals surface area (Å²) in [5, 5.41) is 2.29. The molecule has 3 amide bonds. The molecule has 0 atom stereocenters. The Kier molecular flexibility index (Phi) is 9.11. The molecular weight excluding hydrogens is 520 g/mol. The van der Waals surface area contributed by atoms with Gasteiger partial charge in [-0.05, 0) is 47.2 Å². The lowest BCUT2D eigenvalue weighted by molar-refractivity contribution is -0.125. The molecule has 0 spiro atoms. The molecule has 1 aliphatic rings. The normalized spacial score (nSPS) is 13.9. The van der Waals surface area contributed by atoms with Crippen molar-refractivity contribution in [3.8, 4) is 34.1 Å². The van der Waals surface area contributed by atoms with E-state index in [9.17, 15) is 14.4 Å². The molecule has 3 aromatic rings. The molecule has 0 radical (unpaired) electrons. The van der Waals surface area contributed by atoms with Gasteiger partial charge in [-0.1, -0.05) is 48.5 Å². The second-order valence-electron chi connectivity index (χ2n) is 8.29. The second-order valence-corrected chi connectivity index (χ2v) is 9.29. The summed E-state index contributed by atoms with van der Waals surface area (Å²) in [7, 11) is 4.49. The Balaban J connectivity index is 1.33. The number of benzene rings is 3. The lowest BCUT2D eigenvalue weighted by Crippen LogP contribution is -2.38. The van der Waals surface area contributed by atoms with Crippen LogP contribution in [0.3, 0.4) is 0 Å². The van der Waals surface area contributed by atoms with Crippen LogP contribution in [0.5, 0.6) is 23.0 Å². The van der Waals surface area contributed by atoms with Gasteiger partial charge in [-0.2, -0.15) is 0 Å². The van der Waals surface area contributed by atoms with Crippen LogP contribution in [0.15, 0.2) is 71.6 Å². The van der Waals surface area contributed by atoms with Crippen LogP contribution in [-0.4, -0.2) is 63.0 Å². The third-order valence-electron chi connectivity index (χ3n) is 5.85. The number of rotatable bonds is 11. The summed E-state index contributed by atoms with van der Waals surface area (Å²) in [6, 6.07) is 20.6. The molecule has 3 aromatic carbocycles. The predicted octanol–water partition coefficient (Wildman–Crippen LogP) is 4.61. The Morgan fingerprint density at radius 1 is 0.897 bits per heavy atom. The number of nitrogens with zero attached hydrogens (tertiary/aromatic N) is 1. The fourth-order valence-electron chi connectivity index (χ4n) is 3.98. The quantitative estimate of drug-likeness (QED) is 0.347. The molecule has 9 nitrogen and oxygen atoms in total. The first-order chi connectivity index (χ1) is 18.9. The number of imide groups is 1. The lowest BCUT2D eigenvalue weighted by Gasteiger charge is -2.14. The SMILES string of the molecule is COc1cc(/C=C2\SC(=O)N(CCNC(=O)COc3ccccc3-c3ccccc3)C2=O)cc(OC)c1OC. The van der Waals surface area contributed by atoms with Gasteiger partial charge in [0.15, 0.2) is 18.1 Å². The Bertz CT molecular complexity index is 1370. The van der Waals surface area contributed by atoms with Crippen molar-refractivity contribution in [3.63, 3.8) is 0 Å². The molecule has 39 heavy (non-hydrogen) atoms. The van der Waals surface area contributed by atoms with E-state index in [1.165, 1.54) is 21.3 Å². The van der Waals surface area contributed by atoms with E-state index in [-0.39, 0.29) is 30.5 Å². The Hall–Kier alpha value is -4.44. The smallest absolute Gasteiger partial charge is 0.293 e. The molecule has 1 fully saturated rings. The summed E-state index contributed by atoms with van der Waals surface area (Å²) in [4.78, 5) is 39.2. The number of carbonyl (C=O) groups excluding carboxylic acids is 3. The fraction of sp³-hybridized carbons (Fsp3) is 0.207. The zero-order valence-electron chi connectivity index (χ0n) is 21.8. The maximum atomic E-state index is 12.9. The summed E-state index contributed by atoms with van der Waals surface area (Å²) >= 11 is 0.828. The number of carbonyl (C=O) groups is 3. The number of hydrogen-bond acceptors (Lipinski definition) is 8. The van der Waals surface area contributed by atoms with E-state index in [0.717, 1.165) is 27.8 Å². The summed E-state index contributed by atoms with van der Waals surface area (Å²) in [5.74, 6) is 1.06. The van der Waals surface area contributed by atoms with Crippen molar-refractivity contribution < 1.29 is 33.3 Å². The van der Waals surface area contributed by atoms with Gasteiger partial charge in [0.2, 0.25) is 5.75 Å². The summed E-state index contributed by atoms with van der Waals surface area (Å²) in [6.45, 7) is -0.0750. The average molecular weight is 549 g/mol. The van der Waals surface area contributed by atoms with Gasteiger partial charge in [-0.25, -0.2) is 0 Å². The van der Waals surface area contributed by atoms with Crippen LogP contribution in [0, 0.1) is 0 Å². The van der Waals surface area contributed by atoms with E-state index < -0.39 is 11.1 Å². The number of amides is 3. The molecule has 202 valence electrons. The second kappa shape index (κ2) is 12.9. The van der Waals surface area contributed by atoms with E-state index in [0.29, 0.717) is 28.6 Å². The first kappa shape index (κ1) is 27.6. The van der Waals surface area contributed by atoms with Crippen LogP contribution in [0.25, 0.3) is 17.2 Å². The Morgan fingerprint density at radius 3 is 2.23 bits per heavy atom. The molecule has 0 bridgehead atoms. The van der Waals surface area contributed by atoms with Gasteiger partial charge >= 0.3 is 0 Å². The summed E-state index contributed by atoms with van der Waals surface area (Å²) < 4.78 is 21.8. The summed E-state index contributed by atoms with van der Waals surface area (Å²) in [5.41, 5.74) is 2.46. The van der Waals surface area contributed by atoms with E-state index in [4.69, 9.17) is 18.9 Å². The molecular formula is C29H28N2O7S. The maximum absolute atomic E-state index is 12.9. The topological polar surface area (TPSA) is 103 Å². The average Bonchev–Trinajstić information content (AvgIpc) is 3.23. The van der Waals surface area contributed by atoms with Crippen molar-refractivity contribution in [2.24, 2.45) is 0 Å². The minimum absolute atomic E-state index is 0.0314. The van der Waals surface area contributed by atoms with Gasteiger partial charge in [-0.15, -0.1) is 0 Å². The number of methoxy groups -OCH3 is 3. The van der Waals surface area contributed by atoms with Crippen molar-refractivity contribution >= 4 is 34.9 Å². The first-order valence-corrected chi connectivity index (χ1v) is 12.9. The van der Waals surface area contributed by atoms with Gasteiger partial charge in [-0.3, -0.25) is 19.3 Å². The van der Waals surface area contributed by atoms with Crippen molar-refractivity contribution in [1.82, 2.24) is 10.2 Å². The highest BCUT2D eigenvalue weighted by Crippen LogP contribution is 2.40. The zero-order chi connectivity index (χ0) is 27.8. The number of ether oxygens (including phenoxy) is 4. The first-order valence-electron chi connectivity index (χ1n) is 12.0. The molecule has 1 heterocycles. The lowest BCUT2D eigenvalue weighted by atomic mass is 10.1. The molecule has 0 unspecified atom stereocenters. The predicted molar refractivity (Wildman–Crippen MR) is 149 cm³/mol. The van der Waals surface area contributed by atoms with E-state index >= 15 is 0 Å². The van der Waals surface area contributed by atoms with Gasteiger partial charge < -0.3 is 24.3 Å². The van der Waals surface area contributed by atoms with E-state index in [1.807, 2.05) is 48.5 Å². The minimum Gasteiger partial charge on any atom is -0.493 e. The van der Waals surface area contributed by atoms with Crippen molar-refractivity contribution in [3.05, 3.63) is 77.2 Å². The molecule has 0 aliphatic carbocycles. The van der Waals surface area contributed by atoms with Crippen LogP contribution in [-0.2, 0) is 9.59 Å². The summed E-state index contributed by atoms with van der Waals surface area (Å²) in [6.07, 6.45) is 1.59. The molecule has 4 rings (SSSR count). The largest absolute Gasteiger partial charge is 0.493 e. The van der Waals surface area contributed by atoms with Crippen molar-refractivity contribution in [1.29, 1.82) is 0 Å². The Labute approximate surface area is 230 Å². The van der Waals surface area contributed by atoms with Crippen LogP contribution >= 0.6 is 11.8 Å². The molecule has 0 saturated carbocycles. The number of thioether (sulfide) groups is 1. The van der Waals surface area contributed by atoms with Gasteiger partial charge in [0.25, 0.3) is 17.1 Å². The highest BCUT2D eigenvalue weighted by Gasteiger charge is 2.34. The standard InChI is InChI=1S/C29H28N2O7S/c1-35-23-15-19(16-24(36-2)27(23)37-3)17-25-28(33)31(29(34)39-25)14-13-30-26(32)18-38-22-12-8-7-11-21(22)20-9-5-4-6-10-20/h4-12,15-17H,13-14,18H2,1-3H3,(H,30,32)/b25-17-. The molecule has 0 aromatic heterocycles. The number of hydrogen-bond donors (Lipinski definition) is 1. The van der Waals surface area contributed by atoms with E-state index in [1.54, 1.807) is 24.3 Å². The third-order valence-corrected chi connectivity index (χ3v) is 6.75. The monoisotopic (exact) mass is 548 g/mol. The van der Waals surface area contributed by atoms with Crippen molar-refractivity contribution in [2.45, 2.75) is 0 Å².